The second-order valence-corrected chi connectivity index (χ2v) is 3.84. The average molecular weight is 224 g/mol. The Morgan fingerprint density at radius 2 is 2.25 bits per heavy atom. The van der Waals surface area contributed by atoms with Crippen molar-refractivity contribution in [1.29, 1.82) is 0 Å². The predicted molar refractivity (Wildman–Crippen MR) is 62.6 cm³/mol. The normalized spacial score (nSPS) is 12.2. The molecule has 1 rings (SSSR count). The van der Waals surface area contributed by atoms with Crippen LogP contribution in [0.1, 0.15) is 18.9 Å². The molecule has 5 nitrogen and oxygen atoms in total. The molecule has 0 fully saturated rings. The second kappa shape index (κ2) is 5.46. The molecule has 1 atom stereocenters. The molecular formula is C11H16N2O3. The minimum Gasteiger partial charge on any atom is -0.393 e. The number of benzene rings is 1. The molecule has 1 aromatic carbocycles. The van der Waals surface area contributed by atoms with Crippen molar-refractivity contribution in [2.45, 2.75) is 26.4 Å². The van der Waals surface area contributed by atoms with Gasteiger partial charge in [0.05, 0.1) is 11.0 Å². The van der Waals surface area contributed by atoms with Crippen LogP contribution in [-0.4, -0.2) is 22.7 Å². The first-order valence-corrected chi connectivity index (χ1v) is 5.17. The Morgan fingerprint density at radius 3 is 2.81 bits per heavy atom. The van der Waals surface area contributed by atoms with Gasteiger partial charge in [-0.2, -0.15) is 0 Å². The molecule has 0 aliphatic carbocycles. The molecule has 16 heavy (non-hydrogen) atoms. The number of aliphatic hydroxyl groups is 1. The van der Waals surface area contributed by atoms with Crippen molar-refractivity contribution in [2.24, 2.45) is 0 Å². The summed E-state index contributed by atoms with van der Waals surface area (Å²) >= 11 is 0. The van der Waals surface area contributed by atoms with E-state index in [2.05, 4.69) is 5.32 Å². The van der Waals surface area contributed by atoms with Crippen molar-refractivity contribution in [2.75, 3.05) is 11.9 Å². The Labute approximate surface area is 94.3 Å². The first kappa shape index (κ1) is 12.4. The summed E-state index contributed by atoms with van der Waals surface area (Å²) in [5.74, 6) is 0. The smallest absolute Gasteiger partial charge is 0.292 e. The molecule has 0 aliphatic heterocycles. The molecule has 0 amide bonds. The fourth-order valence-corrected chi connectivity index (χ4v) is 1.37. The lowest BCUT2D eigenvalue weighted by molar-refractivity contribution is -0.384. The van der Waals surface area contributed by atoms with E-state index in [1.165, 1.54) is 6.07 Å². The molecule has 0 bridgehead atoms. The number of hydrogen-bond acceptors (Lipinski definition) is 4. The highest BCUT2D eigenvalue weighted by Gasteiger charge is 2.12. The summed E-state index contributed by atoms with van der Waals surface area (Å²) in [5.41, 5.74) is 1.53. The number of anilines is 1. The number of nitro groups is 1. The maximum atomic E-state index is 10.7. The standard InChI is InChI=1S/C11H16N2O3/c1-8-3-4-11(13(15)16)10(7-8)12-6-5-9(2)14/h3-4,7,9,12,14H,5-6H2,1-2H3. The van der Waals surface area contributed by atoms with Gasteiger partial charge in [0.25, 0.3) is 5.69 Å². The van der Waals surface area contributed by atoms with E-state index in [0.29, 0.717) is 18.7 Å². The van der Waals surface area contributed by atoms with Gasteiger partial charge in [-0.1, -0.05) is 6.07 Å². The number of aliphatic hydroxyl groups excluding tert-OH is 1. The summed E-state index contributed by atoms with van der Waals surface area (Å²) in [5, 5.41) is 22.8. The van der Waals surface area contributed by atoms with Gasteiger partial charge in [-0.15, -0.1) is 0 Å². The number of nitrogens with zero attached hydrogens (tertiary/aromatic N) is 1. The zero-order valence-electron chi connectivity index (χ0n) is 9.43. The molecule has 0 aromatic heterocycles. The van der Waals surface area contributed by atoms with Crippen molar-refractivity contribution in [3.8, 4) is 0 Å². The minimum absolute atomic E-state index is 0.0659. The van der Waals surface area contributed by atoms with Gasteiger partial charge in [0.15, 0.2) is 0 Å². The van der Waals surface area contributed by atoms with Gasteiger partial charge >= 0.3 is 0 Å². The zero-order valence-corrected chi connectivity index (χ0v) is 9.43. The molecule has 5 heteroatoms. The molecule has 1 unspecified atom stereocenters. The third-order valence-corrected chi connectivity index (χ3v) is 2.23. The number of rotatable bonds is 5. The Kier molecular flexibility index (Phi) is 4.25. The Hall–Kier alpha value is -1.62. The van der Waals surface area contributed by atoms with Crippen LogP contribution in [0.2, 0.25) is 0 Å². The molecule has 1 aromatic rings. The fraction of sp³-hybridized carbons (Fsp3) is 0.455. The van der Waals surface area contributed by atoms with E-state index in [9.17, 15) is 10.1 Å². The molecule has 2 N–H and O–H groups in total. The highest BCUT2D eigenvalue weighted by molar-refractivity contribution is 5.62. The van der Waals surface area contributed by atoms with Crippen LogP contribution in [0.5, 0.6) is 0 Å². The fourth-order valence-electron chi connectivity index (χ4n) is 1.37. The van der Waals surface area contributed by atoms with Crippen LogP contribution in [0.25, 0.3) is 0 Å². The van der Waals surface area contributed by atoms with Crippen LogP contribution in [0.3, 0.4) is 0 Å². The van der Waals surface area contributed by atoms with Gasteiger partial charge in [-0.3, -0.25) is 10.1 Å². The van der Waals surface area contributed by atoms with Gasteiger partial charge in [0.2, 0.25) is 0 Å². The number of hydrogen-bond donors (Lipinski definition) is 2. The Balaban J connectivity index is 2.76. The van der Waals surface area contributed by atoms with E-state index in [0.717, 1.165) is 5.56 Å². The Morgan fingerprint density at radius 1 is 1.56 bits per heavy atom. The zero-order chi connectivity index (χ0) is 12.1. The van der Waals surface area contributed by atoms with Crippen molar-refractivity contribution in [3.63, 3.8) is 0 Å². The number of nitrogens with one attached hydrogen (secondary N) is 1. The summed E-state index contributed by atoms with van der Waals surface area (Å²) in [6, 6.07) is 4.93. The SMILES string of the molecule is Cc1ccc([N+](=O)[O-])c(NCCC(C)O)c1. The molecule has 0 heterocycles. The molecule has 0 spiro atoms. The van der Waals surface area contributed by atoms with Gasteiger partial charge in [-0.05, 0) is 31.9 Å². The summed E-state index contributed by atoms with van der Waals surface area (Å²) in [6.45, 7) is 4.08. The minimum atomic E-state index is -0.413. The second-order valence-electron chi connectivity index (χ2n) is 3.84. The lowest BCUT2D eigenvalue weighted by atomic mass is 10.2. The van der Waals surface area contributed by atoms with Crippen molar-refractivity contribution in [1.82, 2.24) is 0 Å². The van der Waals surface area contributed by atoms with Crippen LogP contribution >= 0.6 is 0 Å². The highest BCUT2D eigenvalue weighted by atomic mass is 16.6. The van der Waals surface area contributed by atoms with Crippen molar-refractivity contribution >= 4 is 11.4 Å². The van der Waals surface area contributed by atoms with Crippen LogP contribution in [-0.2, 0) is 0 Å². The molecule has 0 radical (unpaired) electrons. The van der Waals surface area contributed by atoms with Gasteiger partial charge in [-0.25, -0.2) is 0 Å². The van der Waals surface area contributed by atoms with Gasteiger partial charge in [0, 0.05) is 12.6 Å². The number of nitro benzene ring substituents is 1. The monoisotopic (exact) mass is 224 g/mol. The largest absolute Gasteiger partial charge is 0.393 e. The molecule has 0 saturated carbocycles. The van der Waals surface area contributed by atoms with Crippen molar-refractivity contribution in [3.05, 3.63) is 33.9 Å². The van der Waals surface area contributed by atoms with E-state index >= 15 is 0 Å². The van der Waals surface area contributed by atoms with Gasteiger partial charge in [0.1, 0.15) is 5.69 Å². The van der Waals surface area contributed by atoms with Crippen molar-refractivity contribution < 1.29 is 10.0 Å². The third-order valence-electron chi connectivity index (χ3n) is 2.23. The Bertz CT molecular complexity index is 377. The molecule has 0 saturated heterocycles. The molecular weight excluding hydrogens is 208 g/mol. The predicted octanol–water partition coefficient (Wildman–Crippen LogP) is 2.09. The first-order chi connectivity index (χ1) is 7.50. The molecule has 0 aliphatic rings. The lowest BCUT2D eigenvalue weighted by Crippen LogP contribution is -2.10. The lowest BCUT2D eigenvalue weighted by Gasteiger charge is -2.09. The van der Waals surface area contributed by atoms with Crippen LogP contribution < -0.4 is 5.32 Å². The van der Waals surface area contributed by atoms with E-state index in [-0.39, 0.29) is 5.69 Å². The first-order valence-electron chi connectivity index (χ1n) is 5.17. The summed E-state index contributed by atoms with van der Waals surface area (Å²) in [4.78, 5) is 10.3. The van der Waals surface area contributed by atoms with E-state index in [4.69, 9.17) is 5.11 Å². The molecule has 88 valence electrons. The highest BCUT2D eigenvalue weighted by Crippen LogP contribution is 2.25. The third kappa shape index (κ3) is 3.51. The summed E-state index contributed by atoms with van der Waals surface area (Å²) in [7, 11) is 0. The maximum absolute atomic E-state index is 10.7. The van der Waals surface area contributed by atoms with Crippen LogP contribution in [0.4, 0.5) is 11.4 Å². The topological polar surface area (TPSA) is 75.4 Å². The quantitative estimate of drug-likeness (QED) is 0.593. The maximum Gasteiger partial charge on any atom is 0.292 e. The van der Waals surface area contributed by atoms with Crippen LogP contribution in [0.15, 0.2) is 18.2 Å². The van der Waals surface area contributed by atoms with E-state index < -0.39 is 11.0 Å². The van der Waals surface area contributed by atoms with Crippen LogP contribution in [0, 0.1) is 17.0 Å². The van der Waals surface area contributed by atoms with E-state index in [1.54, 1.807) is 19.1 Å². The average Bonchev–Trinajstić information content (AvgIpc) is 2.16. The number of aryl methyl sites for hydroxylation is 1. The van der Waals surface area contributed by atoms with E-state index in [1.807, 2.05) is 6.92 Å². The summed E-state index contributed by atoms with van der Waals surface area (Å²) in [6.07, 6.45) is 0.154. The van der Waals surface area contributed by atoms with Gasteiger partial charge < -0.3 is 10.4 Å². The summed E-state index contributed by atoms with van der Waals surface area (Å²) < 4.78 is 0.